The Morgan fingerprint density at radius 3 is 2.53 bits per heavy atom. The lowest BCUT2D eigenvalue weighted by Gasteiger charge is -1.96. The number of hydrogen-bond donors (Lipinski definition) is 0. The van der Waals surface area contributed by atoms with Crippen LogP contribution in [0.15, 0.2) is 12.1 Å². The van der Waals surface area contributed by atoms with Gasteiger partial charge in [-0.1, -0.05) is 0 Å². The third-order valence-electron chi connectivity index (χ3n) is 1.92. The Kier molecular flexibility index (Phi) is 1.75. The van der Waals surface area contributed by atoms with Gasteiger partial charge in [0.25, 0.3) is 0 Å². The fraction of sp³-hybridized carbons (Fsp3) is 0. The maximum absolute atomic E-state index is 13.0. The van der Waals surface area contributed by atoms with E-state index in [1.54, 1.807) is 0 Å². The highest BCUT2D eigenvalue weighted by Gasteiger charge is 2.39. The van der Waals surface area contributed by atoms with Gasteiger partial charge < -0.3 is 4.74 Å². The molecule has 0 saturated carbocycles. The van der Waals surface area contributed by atoms with Crippen LogP contribution >= 0.6 is 0 Å². The van der Waals surface area contributed by atoms with E-state index < -0.39 is 33.9 Å². The van der Waals surface area contributed by atoms with Crippen molar-refractivity contribution < 1.29 is 23.6 Å². The molecule has 7 heteroatoms. The van der Waals surface area contributed by atoms with E-state index in [-0.39, 0.29) is 5.56 Å². The smallest absolute Gasteiger partial charge is 0.354 e. The summed E-state index contributed by atoms with van der Waals surface area (Å²) in [5.74, 6) is -3.37. The van der Waals surface area contributed by atoms with Crippen LogP contribution in [0.4, 0.5) is 10.1 Å². The van der Waals surface area contributed by atoms with E-state index in [4.69, 9.17) is 0 Å². The Morgan fingerprint density at radius 2 is 1.93 bits per heavy atom. The van der Waals surface area contributed by atoms with Gasteiger partial charge in [0.2, 0.25) is 5.82 Å². The molecule has 2 rings (SSSR count). The fourth-order valence-corrected chi connectivity index (χ4v) is 1.31. The number of ether oxygens (including phenoxy) is 1. The normalized spacial score (nSPS) is 13.7. The van der Waals surface area contributed by atoms with E-state index in [0.717, 1.165) is 12.1 Å². The van der Waals surface area contributed by atoms with Crippen LogP contribution in [-0.4, -0.2) is 16.9 Å². The number of carbonyl (C=O) groups is 2. The fourth-order valence-electron chi connectivity index (χ4n) is 1.31. The number of esters is 2. The number of fused-ring (bicyclic) bond motifs is 1. The summed E-state index contributed by atoms with van der Waals surface area (Å²) < 4.78 is 17.2. The van der Waals surface area contributed by atoms with Crippen LogP contribution in [0.5, 0.6) is 0 Å². The summed E-state index contributed by atoms with van der Waals surface area (Å²) in [6, 6.07) is 1.72. The van der Waals surface area contributed by atoms with Gasteiger partial charge in [0.05, 0.1) is 10.5 Å². The second-order valence-corrected chi connectivity index (χ2v) is 2.75. The van der Waals surface area contributed by atoms with Crippen molar-refractivity contribution in [1.29, 1.82) is 0 Å². The minimum Gasteiger partial charge on any atom is -0.385 e. The number of nitro groups is 1. The van der Waals surface area contributed by atoms with Crippen molar-refractivity contribution in [2.24, 2.45) is 0 Å². The second-order valence-electron chi connectivity index (χ2n) is 2.75. The van der Waals surface area contributed by atoms with Crippen LogP contribution < -0.4 is 0 Å². The quantitative estimate of drug-likeness (QED) is 0.300. The Hall–Kier alpha value is -2.31. The molecule has 1 aromatic rings. The highest BCUT2D eigenvalue weighted by molar-refractivity contribution is 6.16. The zero-order valence-corrected chi connectivity index (χ0v) is 7.02. The molecular formula is C8H2FNO5. The van der Waals surface area contributed by atoms with E-state index in [0.29, 0.717) is 0 Å². The third-order valence-corrected chi connectivity index (χ3v) is 1.92. The van der Waals surface area contributed by atoms with Gasteiger partial charge in [-0.3, -0.25) is 10.1 Å². The van der Waals surface area contributed by atoms with Crippen LogP contribution in [0.25, 0.3) is 0 Å². The van der Waals surface area contributed by atoms with Crippen molar-refractivity contribution in [1.82, 2.24) is 0 Å². The van der Waals surface area contributed by atoms with Crippen molar-refractivity contribution in [3.63, 3.8) is 0 Å². The molecule has 0 saturated heterocycles. The molecule has 0 N–H and O–H groups in total. The number of benzene rings is 1. The van der Waals surface area contributed by atoms with Crippen molar-refractivity contribution in [3.05, 3.63) is 39.2 Å². The molecule has 1 aliphatic heterocycles. The summed E-state index contributed by atoms with van der Waals surface area (Å²) in [5, 5.41) is 10.5. The molecule has 6 nitrogen and oxygen atoms in total. The molecule has 0 bridgehead atoms. The molecule has 1 aliphatic rings. The van der Waals surface area contributed by atoms with E-state index in [9.17, 15) is 24.1 Å². The topological polar surface area (TPSA) is 86.5 Å². The molecule has 0 radical (unpaired) electrons. The minimum atomic E-state index is -1.19. The van der Waals surface area contributed by atoms with E-state index >= 15 is 0 Å². The molecular weight excluding hydrogens is 209 g/mol. The van der Waals surface area contributed by atoms with E-state index in [1.807, 2.05) is 0 Å². The first-order chi connectivity index (χ1) is 7.02. The minimum absolute atomic E-state index is 0.284. The van der Waals surface area contributed by atoms with Crippen molar-refractivity contribution in [2.75, 3.05) is 0 Å². The Bertz CT molecular complexity index is 510. The molecule has 0 atom stereocenters. The van der Waals surface area contributed by atoms with Gasteiger partial charge in [0, 0.05) is 0 Å². The number of carbonyl (C=O) groups excluding carboxylic acids is 2. The molecule has 0 fully saturated rings. The van der Waals surface area contributed by atoms with Crippen molar-refractivity contribution in [3.8, 4) is 0 Å². The lowest BCUT2D eigenvalue weighted by atomic mass is 10.1. The van der Waals surface area contributed by atoms with Gasteiger partial charge >= 0.3 is 17.6 Å². The molecule has 76 valence electrons. The number of halogens is 1. The van der Waals surface area contributed by atoms with Gasteiger partial charge in [-0.25, -0.2) is 9.59 Å². The lowest BCUT2D eigenvalue weighted by Crippen LogP contribution is -2.03. The molecule has 1 heterocycles. The van der Waals surface area contributed by atoms with Crippen LogP contribution in [0.1, 0.15) is 20.7 Å². The number of cyclic esters (lactones) is 2. The van der Waals surface area contributed by atoms with Crippen molar-refractivity contribution >= 4 is 17.6 Å². The summed E-state index contributed by atoms with van der Waals surface area (Å²) in [4.78, 5) is 31.4. The highest BCUT2D eigenvalue weighted by Crippen LogP contribution is 2.31. The molecule has 0 amide bonds. The number of nitro benzene ring substituents is 1. The molecule has 1 aromatic carbocycles. The average molecular weight is 211 g/mol. The highest BCUT2D eigenvalue weighted by atomic mass is 19.1. The third kappa shape index (κ3) is 1.17. The van der Waals surface area contributed by atoms with E-state index in [2.05, 4.69) is 4.74 Å². The van der Waals surface area contributed by atoms with Gasteiger partial charge in [0.1, 0.15) is 0 Å². The van der Waals surface area contributed by atoms with Crippen LogP contribution in [0.3, 0.4) is 0 Å². The lowest BCUT2D eigenvalue weighted by molar-refractivity contribution is -0.387. The first-order valence-corrected chi connectivity index (χ1v) is 3.75. The summed E-state index contributed by atoms with van der Waals surface area (Å²) in [6.45, 7) is 0. The van der Waals surface area contributed by atoms with Gasteiger partial charge in [0.15, 0.2) is 5.56 Å². The summed E-state index contributed by atoms with van der Waals surface area (Å²) in [6.07, 6.45) is 0. The summed E-state index contributed by atoms with van der Waals surface area (Å²) in [7, 11) is 0. The summed E-state index contributed by atoms with van der Waals surface area (Å²) >= 11 is 0. The Labute approximate surface area is 81.4 Å². The maximum Gasteiger partial charge on any atom is 0.354 e. The maximum atomic E-state index is 13.0. The monoisotopic (exact) mass is 211 g/mol. The first-order valence-electron chi connectivity index (χ1n) is 3.75. The Morgan fingerprint density at radius 1 is 1.27 bits per heavy atom. The predicted octanol–water partition coefficient (Wildman–Crippen LogP) is 1.04. The van der Waals surface area contributed by atoms with Gasteiger partial charge in [-0.05, 0) is 12.1 Å². The number of rotatable bonds is 1. The molecule has 0 unspecified atom stereocenters. The van der Waals surface area contributed by atoms with E-state index in [1.165, 1.54) is 0 Å². The van der Waals surface area contributed by atoms with Crippen molar-refractivity contribution in [2.45, 2.75) is 0 Å². The van der Waals surface area contributed by atoms with Gasteiger partial charge in [-0.15, -0.1) is 0 Å². The van der Waals surface area contributed by atoms with Crippen LogP contribution in [0.2, 0.25) is 0 Å². The zero-order chi connectivity index (χ0) is 11.2. The van der Waals surface area contributed by atoms with Crippen LogP contribution in [0, 0.1) is 15.9 Å². The molecule has 0 spiro atoms. The average Bonchev–Trinajstić information content (AvgIpc) is 2.41. The second kappa shape index (κ2) is 2.84. The summed E-state index contributed by atoms with van der Waals surface area (Å²) in [5.41, 5.74) is -1.93. The Balaban J connectivity index is 2.81. The SMILES string of the molecule is O=C1OC(=O)c2c1ccc(F)c2[N+](=O)[O-]. The zero-order valence-electron chi connectivity index (χ0n) is 7.02. The molecule has 15 heavy (non-hydrogen) atoms. The number of nitrogens with zero attached hydrogens (tertiary/aromatic N) is 1. The van der Waals surface area contributed by atoms with Crippen LogP contribution in [-0.2, 0) is 4.74 Å². The predicted molar refractivity (Wildman–Crippen MR) is 42.8 cm³/mol. The number of hydrogen-bond acceptors (Lipinski definition) is 5. The molecule has 0 aromatic heterocycles. The molecule has 0 aliphatic carbocycles. The van der Waals surface area contributed by atoms with Gasteiger partial charge in [-0.2, -0.15) is 4.39 Å². The standard InChI is InChI=1S/C8H2FNO5/c9-4-2-1-3-5(6(4)10(13)14)8(12)15-7(3)11/h1-2H. The largest absolute Gasteiger partial charge is 0.385 e. The first kappa shape index (κ1) is 9.25.